The van der Waals surface area contributed by atoms with Gasteiger partial charge in [0, 0.05) is 25.2 Å². The van der Waals surface area contributed by atoms with Gasteiger partial charge < -0.3 is 10.6 Å². The highest BCUT2D eigenvalue weighted by Gasteiger charge is 2.35. The highest BCUT2D eigenvalue weighted by molar-refractivity contribution is 5.85. The Labute approximate surface area is 135 Å². The molecule has 0 aromatic carbocycles. The van der Waals surface area contributed by atoms with Crippen LogP contribution in [-0.4, -0.2) is 49.6 Å². The number of carbonyl (C=O) groups is 1. The lowest BCUT2D eigenvalue weighted by Gasteiger charge is -2.33. The van der Waals surface area contributed by atoms with Gasteiger partial charge in [0.15, 0.2) is 0 Å². The smallest absolute Gasteiger partial charge is 0.227 e. The molecule has 0 aromatic rings. The molecule has 2 atom stereocenters. The van der Waals surface area contributed by atoms with Crippen molar-refractivity contribution in [2.45, 2.75) is 51.6 Å². The first-order valence-electron chi connectivity index (χ1n) is 7.24. The maximum Gasteiger partial charge on any atom is 0.227 e. The van der Waals surface area contributed by atoms with Gasteiger partial charge in [-0.25, -0.2) is 0 Å². The van der Waals surface area contributed by atoms with Crippen LogP contribution in [0.2, 0.25) is 0 Å². The molecule has 2 rings (SSSR count). The monoisotopic (exact) mass is 325 g/mol. The Balaban J connectivity index is 0.00000180. The van der Waals surface area contributed by atoms with Gasteiger partial charge in [0.2, 0.25) is 5.91 Å². The first-order valence-corrected chi connectivity index (χ1v) is 7.24. The molecule has 0 aromatic heterocycles. The summed E-state index contributed by atoms with van der Waals surface area (Å²) in [6.07, 6.45) is 4.73. The van der Waals surface area contributed by atoms with E-state index in [0.717, 1.165) is 38.5 Å². The third-order valence-electron chi connectivity index (χ3n) is 4.52. The van der Waals surface area contributed by atoms with Crippen molar-refractivity contribution in [3.8, 4) is 0 Å². The zero-order valence-electron chi connectivity index (χ0n) is 12.8. The maximum atomic E-state index is 12.3. The predicted octanol–water partition coefficient (Wildman–Crippen LogP) is 1.82. The first kappa shape index (κ1) is 20.0. The van der Waals surface area contributed by atoms with Gasteiger partial charge in [0.1, 0.15) is 0 Å². The van der Waals surface area contributed by atoms with Crippen LogP contribution in [0.1, 0.15) is 39.5 Å². The van der Waals surface area contributed by atoms with Crippen molar-refractivity contribution in [2.24, 2.45) is 5.41 Å². The van der Waals surface area contributed by atoms with Gasteiger partial charge in [-0.05, 0) is 53.1 Å². The lowest BCUT2D eigenvalue weighted by Crippen LogP contribution is -2.51. The summed E-state index contributed by atoms with van der Waals surface area (Å²) in [7, 11) is 2.17. The lowest BCUT2D eigenvalue weighted by atomic mass is 9.82. The molecule has 1 saturated heterocycles. The van der Waals surface area contributed by atoms with E-state index >= 15 is 0 Å². The van der Waals surface area contributed by atoms with Crippen LogP contribution in [0.25, 0.3) is 0 Å². The number of nitrogens with one attached hydrogen (secondary N) is 2. The quantitative estimate of drug-likeness (QED) is 0.810. The second kappa shape index (κ2) is 8.42. The van der Waals surface area contributed by atoms with E-state index in [1.165, 1.54) is 12.8 Å². The van der Waals surface area contributed by atoms with Gasteiger partial charge >= 0.3 is 0 Å². The Kier molecular flexibility index (Phi) is 8.41. The average Bonchev–Trinajstić information content (AvgIpc) is 3.19. The summed E-state index contributed by atoms with van der Waals surface area (Å²) in [6.45, 7) is 6.89. The van der Waals surface area contributed by atoms with Crippen molar-refractivity contribution in [1.82, 2.24) is 15.5 Å². The molecule has 0 bridgehead atoms. The normalized spacial score (nSPS) is 27.2. The Morgan fingerprint density at radius 3 is 2.60 bits per heavy atom. The van der Waals surface area contributed by atoms with Crippen LogP contribution in [-0.2, 0) is 4.79 Å². The third kappa shape index (κ3) is 5.06. The fourth-order valence-electron chi connectivity index (χ4n) is 2.69. The molecular weight excluding hydrogens is 297 g/mol. The van der Waals surface area contributed by atoms with Gasteiger partial charge in [-0.1, -0.05) is 0 Å². The Bertz CT molecular complexity index is 305. The molecule has 1 aliphatic heterocycles. The van der Waals surface area contributed by atoms with Crippen molar-refractivity contribution >= 4 is 30.7 Å². The minimum absolute atomic E-state index is 0. The largest absolute Gasteiger partial charge is 0.354 e. The minimum atomic E-state index is -0.212. The zero-order chi connectivity index (χ0) is 13.2. The van der Waals surface area contributed by atoms with E-state index in [1.807, 2.05) is 0 Å². The molecule has 6 heteroatoms. The highest BCUT2D eigenvalue weighted by atomic mass is 35.5. The van der Waals surface area contributed by atoms with Crippen LogP contribution in [0.5, 0.6) is 0 Å². The Morgan fingerprint density at radius 2 is 2.10 bits per heavy atom. The molecule has 1 saturated carbocycles. The number of rotatable bonds is 5. The Hall–Kier alpha value is -0.0300. The summed E-state index contributed by atoms with van der Waals surface area (Å²) in [4.78, 5) is 14.7. The Morgan fingerprint density at radius 1 is 1.45 bits per heavy atom. The van der Waals surface area contributed by atoms with E-state index < -0.39 is 0 Å². The molecule has 120 valence electrons. The summed E-state index contributed by atoms with van der Waals surface area (Å²) in [5.74, 6) is 0.214. The molecule has 0 radical (unpaired) electrons. The van der Waals surface area contributed by atoms with Crippen LogP contribution in [0.4, 0.5) is 0 Å². The van der Waals surface area contributed by atoms with Crippen LogP contribution in [0.3, 0.4) is 0 Å². The molecule has 0 spiro atoms. The van der Waals surface area contributed by atoms with Crippen LogP contribution >= 0.6 is 24.8 Å². The molecule has 1 heterocycles. The molecule has 4 nitrogen and oxygen atoms in total. The van der Waals surface area contributed by atoms with Gasteiger partial charge in [-0.15, -0.1) is 24.8 Å². The van der Waals surface area contributed by atoms with E-state index in [0.29, 0.717) is 6.04 Å². The number of hydrogen-bond donors (Lipinski definition) is 2. The van der Waals surface area contributed by atoms with Crippen molar-refractivity contribution in [3.05, 3.63) is 0 Å². The van der Waals surface area contributed by atoms with Gasteiger partial charge in [0.25, 0.3) is 0 Å². The SMILES string of the molecule is CC(CNC(=O)C1(C)CCCNC1)N(C)C1CC1.Cl.Cl. The van der Waals surface area contributed by atoms with Gasteiger partial charge in [0.05, 0.1) is 5.41 Å². The van der Waals surface area contributed by atoms with E-state index in [9.17, 15) is 4.79 Å². The van der Waals surface area contributed by atoms with E-state index in [1.54, 1.807) is 0 Å². The molecule has 1 aliphatic carbocycles. The molecule has 1 amide bonds. The second-order valence-electron chi connectivity index (χ2n) is 6.30. The summed E-state index contributed by atoms with van der Waals surface area (Å²) in [5.41, 5.74) is -0.212. The van der Waals surface area contributed by atoms with E-state index in [2.05, 4.69) is 36.4 Å². The number of carbonyl (C=O) groups excluding carboxylic acids is 1. The number of piperidine rings is 1. The summed E-state index contributed by atoms with van der Waals surface area (Å²) in [6, 6.07) is 1.19. The van der Waals surface area contributed by atoms with Crippen molar-refractivity contribution in [2.75, 3.05) is 26.7 Å². The summed E-state index contributed by atoms with van der Waals surface area (Å²) in [5, 5.41) is 6.46. The van der Waals surface area contributed by atoms with Crippen molar-refractivity contribution in [1.29, 1.82) is 0 Å². The number of amides is 1. The molecular formula is C14H29Cl2N3O. The third-order valence-corrected chi connectivity index (χ3v) is 4.52. The molecule has 2 aliphatic rings. The minimum Gasteiger partial charge on any atom is -0.354 e. The molecule has 2 unspecified atom stereocenters. The van der Waals surface area contributed by atoms with Gasteiger partial charge in [-0.3, -0.25) is 9.69 Å². The van der Waals surface area contributed by atoms with Crippen LogP contribution < -0.4 is 10.6 Å². The molecule has 2 N–H and O–H groups in total. The fourth-order valence-corrected chi connectivity index (χ4v) is 2.69. The standard InChI is InChI=1S/C14H27N3O.2ClH/c1-11(17(3)12-5-6-12)9-16-13(18)14(2)7-4-8-15-10-14;;/h11-12,15H,4-10H2,1-3H3,(H,16,18);2*1H. The lowest BCUT2D eigenvalue weighted by molar-refractivity contribution is -0.131. The molecule has 2 fully saturated rings. The fraction of sp³-hybridized carbons (Fsp3) is 0.929. The predicted molar refractivity (Wildman–Crippen MR) is 88.0 cm³/mol. The number of likely N-dealkylation sites (N-methyl/N-ethyl adjacent to an activating group) is 1. The number of hydrogen-bond acceptors (Lipinski definition) is 3. The zero-order valence-corrected chi connectivity index (χ0v) is 14.4. The summed E-state index contributed by atoms with van der Waals surface area (Å²) >= 11 is 0. The number of nitrogens with zero attached hydrogens (tertiary/aromatic N) is 1. The summed E-state index contributed by atoms with van der Waals surface area (Å²) < 4.78 is 0. The van der Waals surface area contributed by atoms with Crippen LogP contribution in [0.15, 0.2) is 0 Å². The average molecular weight is 326 g/mol. The van der Waals surface area contributed by atoms with Gasteiger partial charge in [-0.2, -0.15) is 0 Å². The first-order chi connectivity index (χ1) is 8.53. The highest BCUT2D eigenvalue weighted by Crippen LogP contribution is 2.27. The maximum absolute atomic E-state index is 12.3. The number of halogens is 2. The van der Waals surface area contributed by atoms with Crippen molar-refractivity contribution in [3.63, 3.8) is 0 Å². The van der Waals surface area contributed by atoms with Crippen molar-refractivity contribution < 1.29 is 4.79 Å². The van der Waals surface area contributed by atoms with E-state index in [-0.39, 0.29) is 36.1 Å². The topological polar surface area (TPSA) is 44.4 Å². The second-order valence-corrected chi connectivity index (χ2v) is 6.30. The van der Waals surface area contributed by atoms with E-state index in [4.69, 9.17) is 0 Å². The van der Waals surface area contributed by atoms with Crippen LogP contribution in [0, 0.1) is 5.41 Å². The molecule has 20 heavy (non-hydrogen) atoms.